The van der Waals surface area contributed by atoms with Crippen LogP contribution >= 0.6 is 0 Å². The number of nitrogens with two attached hydrogens (primary N) is 1. The van der Waals surface area contributed by atoms with Crippen LogP contribution in [0.25, 0.3) is 0 Å². The van der Waals surface area contributed by atoms with Crippen molar-refractivity contribution in [2.24, 2.45) is 11.7 Å². The Morgan fingerprint density at radius 1 is 1.26 bits per heavy atom. The number of methoxy groups -OCH3 is 1. The van der Waals surface area contributed by atoms with Gasteiger partial charge in [-0.2, -0.15) is 0 Å². The highest BCUT2D eigenvalue weighted by atomic mass is 16.5. The van der Waals surface area contributed by atoms with E-state index < -0.39 is 0 Å². The summed E-state index contributed by atoms with van der Waals surface area (Å²) in [5.41, 5.74) is 7.28. The third-order valence-electron chi connectivity index (χ3n) is 3.57. The molecule has 0 saturated heterocycles. The zero-order valence-electron chi connectivity index (χ0n) is 12.5. The van der Waals surface area contributed by atoms with Crippen molar-refractivity contribution in [1.82, 2.24) is 0 Å². The van der Waals surface area contributed by atoms with Crippen LogP contribution in [-0.2, 0) is 4.74 Å². The van der Waals surface area contributed by atoms with Crippen LogP contribution in [0.3, 0.4) is 0 Å². The highest BCUT2D eigenvalue weighted by molar-refractivity contribution is 5.47. The van der Waals surface area contributed by atoms with Crippen molar-refractivity contribution >= 4 is 5.69 Å². The van der Waals surface area contributed by atoms with Crippen LogP contribution in [0.4, 0.5) is 5.69 Å². The number of benzene rings is 1. The van der Waals surface area contributed by atoms with Crippen LogP contribution in [0.2, 0.25) is 0 Å². The molecule has 1 aromatic carbocycles. The van der Waals surface area contributed by atoms with E-state index in [-0.39, 0.29) is 0 Å². The summed E-state index contributed by atoms with van der Waals surface area (Å²) in [7, 11) is 1.75. The lowest BCUT2D eigenvalue weighted by Crippen LogP contribution is -2.46. The van der Waals surface area contributed by atoms with Crippen LogP contribution in [0, 0.1) is 5.92 Å². The molecule has 1 rings (SSSR count). The van der Waals surface area contributed by atoms with Gasteiger partial charge >= 0.3 is 0 Å². The lowest BCUT2D eigenvalue weighted by Gasteiger charge is -2.36. The smallest absolute Gasteiger partial charge is 0.0507 e. The van der Waals surface area contributed by atoms with E-state index in [2.05, 4.69) is 49.1 Å². The van der Waals surface area contributed by atoms with Crippen molar-refractivity contribution in [3.63, 3.8) is 0 Å². The molecule has 2 unspecified atom stereocenters. The molecule has 3 heteroatoms. The van der Waals surface area contributed by atoms with E-state index in [1.54, 1.807) is 7.11 Å². The van der Waals surface area contributed by atoms with Gasteiger partial charge in [-0.05, 0) is 18.6 Å². The predicted octanol–water partition coefficient (Wildman–Crippen LogP) is 2.90. The fourth-order valence-electron chi connectivity index (χ4n) is 2.48. The molecule has 0 aromatic heterocycles. The monoisotopic (exact) mass is 264 g/mol. The first kappa shape index (κ1) is 16.0. The Hall–Kier alpha value is -1.06. The van der Waals surface area contributed by atoms with E-state index >= 15 is 0 Å². The largest absolute Gasteiger partial charge is 0.384 e. The van der Waals surface area contributed by atoms with Gasteiger partial charge in [0.15, 0.2) is 0 Å². The van der Waals surface area contributed by atoms with Crippen molar-refractivity contribution in [1.29, 1.82) is 0 Å². The van der Waals surface area contributed by atoms with Gasteiger partial charge in [-0.25, -0.2) is 0 Å². The topological polar surface area (TPSA) is 38.5 Å². The first-order chi connectivity index (χ1) is 9.24. The molecule has 3 nitrogen and oxygen atoms in total. The summed E-state index contributed by atoms with van der Waals surface area (Å²) >= 11 is 0. The summed E-state index contributed by atoms with van der Waals surface area (Å²) in [6.45, 7) is 6.89. The van der Waals surface area contributed by atoms with Gasteiger partial charge in [-0.1, -0.05) is 38.5 Å². The summed E-state index contributed by atoms with van der Waals surface area (Å²) in [6, 6.07) is 10.9. The number of anilines is 1. The minimum atomic E-state index is 0.328. The molecule has 0 amide bonds. The summed E-state index contributed by atoms with van der Waals surface area (Å²) in [4.78, 5) is 2.44. The molecule has 0 aliphatic carbocycles. The molecule has 0 bridgehead atoms. The Morgan fingerprint density at radius 3 is 2.47 bits per heavy atom. The quantitative estimate of drug-likeness (QED) is 0.745. The number of unbranched alkanes of at least 4 members (excludes halogenated alkanes) is 1. The van der Waals surface area contributed by atoms with E-state index in [1.165, 1.54) is 18.5 Å². The molecule has 2 N–H and O–H groups in total. The molecule has 0 aliphatic rings. The Bertz CT molecular complexity index is 329. The summed E-state index contributed by atoms with van der Waals surface area (Å²) in [6.07, 6.45) is 2.38. The van der Waals surface area contributed by atoms with Gasteiger partial charge in [0.2, 0.25) is 0 Å². The summed E-state index contributed by atoms with van der Waals surface area (Å²) in [5, 5.41) is 0. The molecule has 19 heavy (non-hydrogen) atoms. The number of hydrogen-bond donors (Lipinski definition) is 1. The van der Waals surface area contributed by atoms with E-state index in [0.717, 1.165) is 13.2 Å². The van der Waals surface area contributed by atoms with Gasteiger partial charge < -0.3 is 15.4 Å². The van der Waals surface area contributed by atoms with Crippen molar-refractivity contribution < 1.29 is 4.74 Å². The predicted molar refractivity (Wildman–Crippen MR) is 82.6 cm³/mol. The second kappa shape index (κ2) is 8.94. The number of ether oxygens (including phenoxy) is 1. The maximum atomic E-state index is 6.02. The van der Waals surface area contributed by atoms with Gasteiger partial charge in [0.05, 0.1) is 6.61 Å². The zero-order chi connectivity index (χ0) is 14.1. The second-order valence-corrected chi connectivity index (χ2v) is 5.12. The molecule has 0 aliphatic heterocycles. The van der Waals surface area contributed by atoms with E-state index in [9.17, 15) is 0 Å². The molecule has 0 fully saturated rings. The van der Waals surface area contributed by atoms with Crippen molar-refractivity contribution in [3.05, 3.63) is 30.3 Å². The maximum Gasteiger partial charge on any atom is 0.0507 e. The van der Waals surface area contributed by atoms with Crippen LogP contribution in [0.15, 0.2) is 30.3 Å². The molecular weight excluding hydrogens is 236 g/mol. The fourth-order valence-corrected chi connectivity index (χ4v) is 2.48. The van der Waals surface area contributed by atoms with Crippen molar-refractivity contribution in [2.75, 3.05) is 31.7 Å². The summed E-state index contributed by atoms with van der Waals surface area (Å²) in [5.74, 6) is 0.423. The van der Waals surface area contributed by atoms with E-state index in [0.29, 0.717) is 18.5 Å². The molecule has 0 heterocycles. The van der Waals surface area contributed by atoms with Gasteiger partial charge in [0.1, 0.15) is 0 Å². The summed E-state index contributed by atoms with van der Waals surface area (Å²) < 4.78 is 5.29. The van der Waals surface area contributed by atoms with Crippen LogP contribution < -0.4 is 10.6 Å². The second-order valence-electron chi connectivity index (χ2n) is 5.12. The van der Waals surface area contributed by atoms with Gasteiger partial charge in [0, 0.05) is 37.8 Å². The first-order valence-corrected chi connectivity index (χ1v) is 7.25. The van der Waals surface area contributed by atoms with Crippen LogP contribution in [0.5, 0.6) is 0 Å². The van der Waals surface area contributed by atoms with E-state index in [1.807, 2.05) is 0 Å². The number of hydrogen-bond acceptors (Lipinski definition) is 3. The van der Waals surface area contributed by atoms with Crippen LogP contribution in [-0.4, -0.2) is 32.8 Å². The molecule has 0 radical (unpaired) electrons. The van der Waals surface area contributed by atoms with Gasteiger partial charge in [-0.3, -0.25) is 0 Å². The maximum absolute atomic E-state index is 6.02. The Kier molecular flexibility index (Phi) is 7.53. The van der Waals surface area contributed by atoms with Crippen molar-refractivity contribution in [3.8, 4) is 0 Å². The lowest BCUT2D eigenvalue weighted by molar-refractivity contribution is 0.146. The molecule has 0 spiro atoms. The fraction of sp³-hybridized carbons (Fsp3) is 0.625. The third kappa shape index (κ3) is 4.84. The normalized spacial score (nSPS) is 14.1. The highest BCUT2D eigenvalue weighted by Crippen LogP contribution is 2.21. The molecule has 0 saturated carbocycles. The Morgan fingerprint density at radius 2 is 1.95 bits per heavy atom. The van der Waals surface area contributed by atoms with E-state index in [4.69, 9.17) is 10.5 Å². The number of rotatable bonds is 9. The number of para-hydroxylation sites is 1. The lowest BCUT2D eigenvalue weighted by atomic mass is 10.00. The minimum Gasteiger partial charge on any atom is -0.384 e. The minimum absolute atomic E-state index is 0.328. The van der Waals surface area contributed by atoms with Crippen molar-refractivity contribution in [2.45, 2.75) is 32.7 Å². The molecule has 2 atom stereocenters. The Labute approximate surface area is 117 Å². The average molecular weight is 264 g/mol. The van der Waals surface area contributed by atoms with Gasteiger partial charge in [0.25, 0.3) is 0 Å². The standard InChI is InChI=1S/C16H28N2O/c1-4-5-11-18(15-9-7-6-8-10-15)16(12-17)14(2)13-19-3/h6-10,14,16H,4-5,11-13,17H2,1-3H3. The zero-order valence-corrected chi connectivity index (χ0v) is 12.5. The Balaban J connectivity index is 2.87. The molecular formula is C16H28N2O. The molecule has 1 aromatic rings. The SMILES string of the molecule is CCCCN(c1ccccc1)C(CN)C(C)COC. The highest BCUT2D eigenvalue weighted by Gasteiger charge is 2.23. The third-order valence-corrected chi connectivity index (χ3v) is 3.57. The average Bonchev–Trinajstić information content (AvgIpc) is 2.44. The first-order valence-electron chi connectivity index (χ1n) is 7.25. The van der Waals surface area contributed by atoms with Gasteiger partial charge in [-0.15, -0.1) is 0 Å². The van der Waals surface area contributed by atoms with Crippen LogP contribution in [0.1, 0.15) is 26.7 Å². The number of nitrogens with zero attached hydrogens (tertiary/aromatic N) is 1. The molecule has 108 valence electrons.